The number of hydrogen-bond acceptors (Lipinski definition) is 4. The van der Waals surface area contributed by atoms with Crippen molar-refractivity contribution in [3.05, 3.63) is 30.1 Å². The fourth-order valence-electron chi connectivity index (χ4n) is 1.16. The summed E-state index contributed by atoms with van der Waals surface area (Å²) in [5.74, 6) is -1.04. The van der Waals surface area contributed by atoms with Gasteiger partial charge in [-0.25, -0.2) is 5.43 Å². The molecule has 0 spiro atoms. The third-order valence-electron chi connectivity index (χ3n) is 1.95. The molecule has 1 aromatic heterocycles. The third kappa shape index (κ3) is 4.20. The van der Waals surface area contributed by atoms with Crippen LogP contribution in [0.2, 0.25) is 0 Å². The maximum absolute atomic E-state index is 11.5. The van der Waals surface area contributed by atoms with E-state index in [2.05, 4.69) is 10.4 Å². The molecule has 0 unspecified atom stereocenters. The molecule has 0 radical (unpaired) electrons. The third-order valence-corrected chi connectivity index (χ3v) is 1.95. The highest BCUT2D eigenvalue weighted by Gasteiger charge is 2.16. The lowest BCUT2D eigenvalue weighted by Gasteiger charge is -2.16. The number of aromatic nitrogens is 1. The topological polar surface area (TPSA) is 82.5 Å². The smallest absolute Gasteiger partial charge is 0.271 e. The Morgan fingerprint density at radius 2 is 2.24 bits per heavy atom. The van der Waals surface area contributed by atoms with Gasteiger partial charge in [-0.15, -0.1) is 5.17 Å². The first-order valence-corrected chi connectivity index (χ1v) is 5.23. The quantitative estimate of drug-likeness (QED) is 0.606. The molecule has 92 valence electrons. The molecule has 6 heteroatoms. The second kappa shape index (κ2) is 5.95. The first-order valence-electron chi connectivity index (χ1n) is 5.23. The van der Waals surface area contributed by atoms with Crippen LogP contribution in [0, 0.1) is 5.92 Å². The van der Waals surface area contributed by atoms with Crippen molar-refractivity contribution < 1.29 is 14.8 Å². The average molecular weight is 237 g/mol. The Morgan fingerprint density at radius 1 is 1.53 bits per heavy atom. The lowest BCUT2D eigenvalue weighted by Crippen LogP contribution is -2.44. The molecule has 2 amide bonds. The van der Waals surface area contributed by atoms with E-state index >= 15 is 0 Å². The SMILES string of the molecule is CC(C)CC(=O)N(O)NC(=O)c1cccnc1. The van der Waals surface area contributed by atoms with Gasteiger partial charge in [0.1, 0.15) is 0 Å². The van der Waals surface area contributed by atoms with Crippen molar-refractivity contribution in [1.29, 1.82) is 0 Å². The van der Waals surface area contributed by atoms with Gasteiger partial charge in [0.15, 0.2) is 0 Å². The van der Waals surface area contributed by atoms with Gasteiger partial charge in [-0.3, -0.25) is 19.8 Å². The molecule has 2 N–H and O–H groups in total. The molecule has 0 aliphatic carbocycles. The van der Waals surface area contributed by atoms with Crippen molar-refractivity contribution >= 4 is 11.8 Å². The second-order valence-corrected chi connectivity index (χ2v) is 3.99. The summed E-state index contributed by atoms with van der Waals surface area (Å²) < 4.78 is 0. The molecule has 6 nitrogen and oxygen atoms in total. The van der Waals surface area contributed by atoms with Crippen molar-refractivity contribution in [2.24, 2.45) is 5.92 Å². The van der Waals surface area contributed by atoms with Crippen LogP contribution in [-0.2, 0) is 4.79 Å². The highest BCUT2D eigenvalue weighted by molar-refractivity contribution is 5.94. The molecule has 0 saturated carbocycles. The van der Waals surface area contributed by atoms with Gasteiger partial charge in [-0.05, 0) is 18.1 Å². The standard InChI is InChI=1S/C11H15N3O3/c1-8(2)6-10(15)14(17)13-11(16)9-4-3-5-12-7-9/h3-5,7-8,17H,6H2,1-2H3,(H,13,16). The molecular weight excluding hydrogens is 222 g/mol. The monoisotopic (exact) mass is 237 g/mol. The van der Waals surface area contributed by atoms with E-state index in [0.717, 1.165) is 0 Å². The molecule has 17 heavy (non-hydrogen) atoms. The van der Waals surface area contributed by atoms with E-state index in [1.165, 1.54) is 18.5 Å². The number of hydrogen-bond donors (Lipinski definition) is 2. The second-order valence-electron chi connectivity index (χ2n) is 3.99. The fourth-order valence-corrected chi connectivity index (χ4v) is 1.16. The van der Waals surface area contributed by atoms with Gasteiger partial charge in [0.05, 0.1) is 5.56 Å². The minimum atomic E-state index is -0.585. The summed E-state index contributed by atoms with van der Waals surface area (Å²) in [5, 5.41) is 9.55. The predicted molar refractivity (Wildman–Crippen MR) is 59.8 cm³/mol. The van der Waals surface area contributed by atoms with Crippen LogP contribution >= 0.6 is 0 Å². The van der Waals surface area contributed by atoms with E-state index in [1.54, 1.807) is 6.07 Å². The predicted octanol–water partition coefficient (Wildman–Crippen LogP) is 0.990. The number of nitrogens with one attached hydrogen (secondary N) is 1. The average Bonchev–Trinajstić information content (AvgIpc) is 2.29. The Balaban J connectivity index is 2.55. The molecule has 0 atom stereocenters. The van der Waals surface area contributed by atoms with Crippen LogP contribution in [0.25, 0.3) is 0 Å². The highest BCUT2D eigenvalue weighted by atomic mass is 16.6. The van der Waals surface area contributed by atoms with Crippen LogP contribution in [0.15, 0.2) is 24.5 Å². The van der Waals surface area contributed by atoms with Gasteiger partial charge in [-0.2, -0.15) is 0 Å². The van der Waals surface area contributed by atoms with E-state index in [1.807, 2.05) is 13.8 Å². The molecule has 0 aliphatic rings. The lowest BCUT2D eigenvalue weighted by atomic mass is 10.1. The number of hydroxylamine groups is 1. The maximum Gasteiger partial charge on any atom is 0.273 e. The van der Waals surface area contributed by atoms with Crippen molar-refractivity contribution in [1.82, 2.24) is 15.6 Å². The zero-order valence-electron chi connectivity index (χ0n) is 9.75. The van der Waals surface area contributed by atoms with Crippen LogP contribution in [0.5, 0.6) is 0 Å². The van der Waals surface area contributed by atoms with Crippen LogP contribution in [-0.4, -0.2) is 27.2 Å². The van der Waals surface area contributed by atoms with E-state index in [4.69, 9.17) is 0 Å². The Bertz CT molecular complexity index is 392. The number of nitrogens with zero attached hydrogens (tertiary/aromatic N) is 2. The van der Waals surface area contributed by atoms with E-state index in [0.29, 0.717) is 0 Å². The molecule has 0 aromatic carbocycles. The first-order chi connectivity index (χ1) is 8.00. The Morgan fingerprint density at radius 3 is 2.76 bits per heavy atom. The number of pyridine rings is 1. The largest absolute Gasteiger partial charge is 0.273 e. The van der Waals surface area contributed by atoms with Gasteiger partial charge in [0, 0.05) is 18.8 Å². The van der Waals surface area contributed by atoms with Gasteiger partial charge in [0.2, 0.25) is 0 Å². The summed E-state index contributed by atoms with van der Waals surface area (Å²) in [4.78, 5) is 26.7. The molecule has 0 bridgehead atoms. The fraction of sp³-hybridized carbons (Fsp3) is 0.364. The van der Waals surface area contributed by atoms with Crippen molar-refractivity contribution in [3.8, 4) is 0 Å². The first kappa shape index (κ1) is 13.1. The Labute approximate surface area is 99.2 Å². The molecule has 1 rings (SSSR count). The normalized spacial score (nSPS) is 10.1. The summed E-state index contributed by atoms with van der Waals surface area (Å²) >= 11 is 0. The van der Waals surface area contributed by atoms with E-state index in [9.17, 15) is 14.8 Å². The van der Waals surface area contributed by atoms with Crippen molar-refractivity contribution in [2.45, 2.75) is 20.3 Å². The summed E-state index contributed by atoms with van der Waals surface area (Å²) in [5.41, 5.74) is 2.33. The zero-order valence-corrected chi connectivity index (χ0v) is 9.75. The summed E-state index contributed by atoms with van der Waals surface area (Å²) in [6.07, 6.45) is 3.03. The van der Waals surface area contributed by atoms with Gasteiger partial charge >= 0.3 is 0 Å². The van der Waals surface area contributed by atoms with Crippen molar-refractivity contribution in [3.63, 3.8) is 0 Å². The van der Waals surface area contributed by atoms with E-state index in [-0.39, 0.29) is 23.1 Å². The Kier molecular flexibility index (Phi) is 4.59. The van der Waals surface area contributed by atoms with Crippen LogP contribution < -0.4 is 5.43 Å². The number of carbonyl (C=O) groups excluding carboxylic acids is 2. The van der Waals surface area contributed by atoms with Gasteiger partial charge < -0.3 is 0 Å². The van der Waals surface area contributed by atoms with Gasteiger partial charge in [0.25, 0.3) is 11.8 Å². The maximum atomic E-state index is 11.5. The molecule has 0 fully saturated rings. The molecule has 0 aliphatic heterocycles. The minimum Gasteiger partial charge on any atom is -0.271 e. The van der Waals surface area contributed by atoms with Gasteiger partial charge in [-0.1, -0.05) is 13.8 Å². The highest BCUT2D eigenvalue weighted by Crippen LogP contribution is 2.02. The van der Waals surface area contributed by atoms with Crippen LogP contribution in [0.3, 0.4) is 0 Å². The molecule has 0 saturated heterocycles. The number of carbonyl (C=O) groups is 2. The minimum absolute atomic E-state index is 0.104. The molecule has 1 aromatic rings. The van der Waals surface area contributed by atoms with E-state index < -0.39 is 11.8 Å². The Hall–Kier alpha value is -1.95. The summed E-state index contributed by atoms with van der Waals surface area (Å²) in [6, 6.07) is 3.12. The van der Waals surface area contributed by atoms with Crippen molar-refractivity contribution in [2.75, 3.05) is 0 Å². The summed E-state index contributed by atoms with van der Waals surface area (Å²) in [6.45, 7) is 3.68. The number of hydrazine groups is 1. The number of rotatable bonds is 3. The number of amides is 2. The zero-order chi connectivity index (χ0) is 12.8. The molecule has 1 heterocycles. The summed E-state index contributed by atoms with van der Waals surface area (Å²) in [7, 11) is 0. The molecular formula is C11H15N3O3. The lowest BCUT2D eigenvalue weighted by molar-refractivity contribution is -0.176. The van der Waals surface area contributed by atoms with Crippen LogP contribution in [0.1, 0.15) is 30.6 Å². The van der Waals surface area contributed by atoms with Crippen LogP contribution in [0.4, 0.5) is 0 Å².